The number of methoxy groups -OCH3 is 1. The lowest BCUT2D eigenvalue weighted by molar-refractivity contribution is 0.192. The molecule has 1 N–H and O–H groups in total. The summed E-state index contributed by atoms with van der Waals surface area (Å²) in [6, 6.07) is 14.8. The summed E-state index contributed by atoms with van der Waals surface area (Å²) in [6.07, 6.45) is 2.31. The van der Waals surface area contributed by atoms with Crippen LogP contribution in [0.25, 0.3) is 5.69 Å². The van der Waals surface area contributed by atoms with E-state index < -0.39 is 0 Å². The van der Waals surface area contributed by atoms with Gasteiger partial charge in [0.2, 0.25) is 5.88 Å². The minimum Gasteiger partial charge on any atom is -0.493 e. The maximum absolute atomic E-state index is 12.8. The molecule has 0 aliphatic heterocycles. The van der Waals surface area contributed by atoms with Crippen molar-refractivity contribution < 1.29 is 14.3 Å². The molecule has 3 aromatic rings. The predicted octanol–water partition coefficient (Wildman–Crippen LogP) is 5.58. The van der Waals surface area contributed by atoms with Crippen molar-refractivity contribution >= 4 is 17.6 Å². The monoisotopic (exact) mass is 468 g/mol. The number of aromatic nitrogens is 2. The molecule has 1 saturated carbocycles. The van der Waals surface area contributed by atoms with Crippen molar-refractivity contribution in [2.24, 2.45) is 5.92 Å². The second-order valence-electron chi connectivity index (χ2n) is 8.17. The van der Waals surface area contributed by atoms with Crippen LogP contribution < -0.4 is 14.8 Å². The third-order valence-electron chi connectivity index (χ3n) is 5.62. The van der Waals surface area contributed by atoms with E-state index in [0.717, 1.165) is 29.8 Å². The first kappa shape index (κ1) is 23.0. The standard InChI is InChI=1S/C25H29ClN4O3/c1-4-27-25(31)29(15-18-9-10-18)16-21-17(2)28-30(20-13-11-19(26)12-14-20)24(21)33-23-8-6-5-7-22(23)32-3/h5-8,11-14,18H,4,9-10,15-16H2,1-3H3,(H,27,31). The molecule has 0 spiro atoms. The van der Waals surface area contributed by atoms with Gasteiger partial charge in [-0.3, -0.25) is 0 Å². The number of ether oxygens (including phenoxy) is 2. The smallest absolute Gasteiger partial charge is 0.317 e. The highest BCUT2D eigenvalue weighted by molar-refractivity contribution is 6.30. The molecular weight excluding hydrogens is 440 g/mol. The van der Waals surface area contributed by atoms with Gasteiger partial charge in [-0.25, -0.2) is 9.48 Å². The Morgan fingerprint density at radius 2 is 1.88 bits per heavy atom. The van der Waals surface area contributed by atoms with E-state index in [4.69, 9.17) is 26.2 Å². The van der Waals surface area contributed by atoms with Crippen molar-refractivity contribution in [3.8, 4) is 23.1 Å². The molecule has 1 aliphatic rings. The number of halogens is 1. The Morgan fingerprint density at radius 3 is 2.52 bits per heavy atom. The van der Waals surface area contributed by atoms with Gasteiger partial charge in [-0.15, -0.1) is 0 Å². The minimum absolute atomic E-state index is 0.0775. The van der Waals surface area contributed by atoms with E-state index >= 15 is 0 Å². The molecule has 1 aromatic heterocycles. The number of benzene rings is 2. The third-order valence-corrected chi connectivity index (χ3v) is 5.88. The van der Waals surface area contributed by atoms with Crippen molar-refractivity contribution in [3.05, 3.63) is 64.8 Å². The van der Waals surface area contributed by atoms with Gasteiger partial charge >= 0.3 is 6.03 Å². The summed E-state index contributed by atoms with van der Waals surface area (Å²) >= 11 is 6.10. The van der Waals surface area contributed by atoms with Crippen LogP contribution in [0, 0.1) is 12.8 Å². The average molecular weight is 469 g/mol. The Kier molecular flexibility index (Phi) is 7.08. The number of nitrogens with zero attached hydrogens (tertiary/aromatic N) is 3. The summed E-state index contributed by atoms with van der Waals surface area (Å²) in [5.74, 6) is 2.29. The van der Waals surface area contributed by atoms with Crippen molar-refractivity contribution in [1.29, 1.82) is 0 Å². The molecule has 2 amide bonds. The molecule has 1 heterocycles. The molecule has 2 aromatic carbocycles. The molecule has 174 valence electrons. The number of amides is 2. The number of carbonyl (C=O) groups is 1. The Labute approximate surface area is 199 Å². The lowest BCUT2D eigenvalue weighted by Gasteiger charge is -2.23. The lowest BCUT2D eigenvalue weighted by Crippen LogP contribution is -2.40. The molecule has 0 unspecified atom stereocenters. The van der Waals surface area contributed by atoms with E-state index in [1.807, 2.05) is 67.3 Å². The molecule has 8 heteroatoms. The lowest BCUT2D eigenvalue weighted by atomic mass is 10.2. The molecular formula is C25H29ClN4O3. The molecule has 0 bridgehead atoms. The van der Waals surface area contributed by atoms with Crippen LogP contribution in [0.3, 0.4) is 0 Å². The minimum atomic E-state index is -0.0775. The summed E-state index contributed by atoms with van der Waals surface area (Å²) in [5, 5.41) is 8.34. The topological polar surface area (TPSA) is 68.6 Å². The predicted molar refractivity (Wildman–Crippen MR) is 129 cm³/mol. The van der Waals surface area contributed by atoms with Gasteiger partial charge in [0.25, 0.3) is 0 Å². The van der Waals surface area contributed by atoms with Gasteiger partial charge in [-0.2, -0.15) is 5.10 Å². The third kappa shape index (κ3) is 5.42. The van der Waals surface area contributed by atoms with Crippen LogP contribution in [0.2, 0.25) is 5.02 Å². The van der Waals surface area contributed by atoms with Gasteiger partial charge in [-0.05, 0) is 69.0 Å². The Balaban J connectivity index is 1.76. The zero-order valence-corrected chi connectivity index (χ0v) is 19.9. The maximum Gasteiger partial charge on any atom is 0.317 e. The number of para-hydroxylation sites is 2. The summed E-state index contributed by atoms with van der Waals surface area (Å²) in [5.41, 5.74) is 2.45. The van der Waals surface area contributed by atoms with Crippen LogP contribution in [-0.2, 0) is 6.54 Å². The molecule has 0 radical (unpaired) electrons. The highest BCUT2D eigenvalue weighted by Crippen LogP contribution is 2.37. The van der Waals surface area contributed by atoms with Crippen molar-refractivity contribution in [2.45, 2.75) is 33.2 Å². The van der Waals surface area contributed by atoms with E-state index in [0.29, 0.717) is 48.0 Å². The van der Waals surface area contributed by atoms with Crippen LogP contribution in [0.1, 0.15) is 31.0 Å². The van der Waals surface area contributed by atoms with Crippen LogP contribution >= 0.6 is 11.6 Å². The molecule has 33 heavy (non-hydrogen) atoms. The molecule has 1 aliphatic carbocycles. The second kappa shape index (κ2) is 10.2. The van der Waals surface area contributed by atoms with Gasteiger partial charge in [0.1, 0.15) is 0 Å². The number of hydrogen-bond donors (Lipinski definition) is 1. The number of rotatable bonds is 9. The fraction of sp³-hybridized carbons (Fsp3) is 0.360. The molecule has 1 fully saturated rings. The summed E-state index contributed by atoms with van der Waals surface area (Å²) < 4.78 is 13.7. The Morgan fingerprint density at radius 1 is 1.18 bits per heavy atom. The number of nitrogens with one attached hydrogen (secondary N) is 1. The zero-order valence-electron chi connectivity index (χ0n) is 19.2. The fourth-order valence-corrected chi connectivity index (χ4v) is 3.80. The molecule has 0 atom stereocenters. The first-order chi connectivity index (χ1) is 16.0. The normalized spacial score (nSPS) is 13.0. The highest BCUT2D eigenvalue weighted by atomic mass is 35.5. The summed E-state index contributed by atoms with van der Waals surface area (Å²) in [6.45, 7) is 5.54. The molecule has 7 nitrogen and oxygen atoms in total. The summed E-state index contributed by atoms with van der Waals surface area (Å²) in [4.78, 5) is 14.7. The number of urea groups is 1. The Hall–Kier alpha value is -3.19. The van der Waals surface area contributed by atoms with E-state index in [9.17, 15) is 4.79 Å². The van der Waals surface area contributed by atoms with E-state index in [1.165, 1.54) is 0 Å². The maximum atomic E-state index is 12.8. The second-order valence-corrected chi connectivity index (χ2v) is 8.61. The van der Waals surface area contributed by atoms with E-state index in [2.05, 4.69) is 5.32 Å². The van der Waals surface area contributed by atoms with E-state index in [-0.39, 0.29) is 6.03 Å². The quantitative estimate of drug-likeness (QED) is 0.445. The van der Waals surface area contributed by atoms with Crippen LogP contribution in [-0.4, -0.2) is 40.9 Å². The highest BCUT2D eigenvalue weighted by Gasteiger charge is 2.29. The van der Waals surface area contributed by atoms with Gasteiger partial charge in [-0.1, -0.05) is 23.7 Å². The number of carbonyl (C=O) groups excluding carboxylic acids is 1. The van der Waals surface area contributed by atoms with Gasteiger partial charge < -0.3 is 19.7 Å². The Bertz CT molecular complexity index is 1110. The first-order valence-corrected chi connectivity index (χ1v) is 11.6. The van der Waals surface area contributed by atoms with Gasteiger partial charge in [0.05, 0.1) is 30.6 Å². The number of aryl methyl sites for hydroxylation is 1. The molecule has 0 saturated heterocycles. The van der Waals surface area contributed by atoms with Crippen molar-refractivity contribution in [2.75, 3.05) is 20.2 Å². The summed E-state index contributed by atoms with van der Waals surface area (Å²) in [7, 11) is 1.61. The van der Waals surface area contributed by atoms with Crippen LogP contribution in [0.4, 0.5) is 4.79 Å². The zero-order chi connectivity index (χ0) is 23.4. The van der Waals surface area contributed by atoms with Crippen LogP contribution in [0.5, 0.6) is 17.4 Å². The van der Waals surface area contributed by atoms with Gasteiger partial charge in [0.15, 0.2) is 11.5 Å². The van der Waals surface area contributed by atoms with Crippen molar-refractivity contribution in [3.63, 3.8) is 0 Å². The largest absolute Gasteiger partial charge is 0.493 e. The SMILES string of the molecule is CCNC(=O)N(Cc1c(C)nn(-c2ccc(Cl)cc2)c1Oc1ccccc1OC)CC1CC1. The fourth-order valence-electron chi connectivity index (χ4n) is 3.68. The van der Waals surface area contributed by atoms with Gasteiger partial charge in [0, 0.05) is 18.1 Å². The molecule has 4 rings (SSSR count). The van der Waals surface area contributed by atoms with Crippen molar-refractivity contribution in [1.82, 2.24) is 20.0 Å². The first-order valence-electron chi connectivity index (χ1n) is 11.2. The number of hydrogen-bond acceptors (Lipinski definition) is 4. The van der Waals surface area contributed by atoms with Crippen LogP contribution in [0.15, 0.2) is 48.5 Å². The average Bonchev–Trinajstić information content (AvgIpc) is 3.59. The van der Waals surface area contributed by atoms with E-state index in [1.54, 1.807) is 11.8 Å².